The fourth-order valence-corrected chi connectivity index (χ4v) is 2.78. The zero-order valence-corrected chi connectivity index (χ0v) is 13.9. The third-order valence-electron chi connectivity index (χ3n) is 4.70. The van der Waals surface area contributed by atoms with Crippen molar-refractivity contribution in [3.8, 4) is 0 Å². The fraction of sp³-hybridized carbons (Fsp3) is 0.412. The van der Waals surface area contributed by atoms with Gasteiger partial charge in [0.1, 0.15) is 0 Å². The molecule has 0 aliphatic carbocycles. The average Bonchev–Trinajstić information content (AvgIpc) is 2.63. The molecule has 21 heavy (non-hydrogen) atoms. The van der Waals surface area contributed by atoms with E-state index in [9.17, 15) is 0 Å². The van der Waals surface area contributed by atoms with E-state index in [0.29, 0.717) is 0 Å². The second-order valence-electron chi connectivity index (χ2n) is 6.77. The Morgan fingerprint density at radius 2 is 1.57 bits per heavy atom. The largest absolute Gasteiger partial charge is 0.494 e. The van der Waals surface area contributed by atoms with Crippen molar-refractivity contribution in [3.05, 3.63) is 40.9 Å². The van der Waals surface area contributed by atoms with E-state index in [4.69, 9.17) is 20.9 Å². The summed E-state index contributed by atoms with van der Waals surface area (Å²) in [5, 5.41) is 2.99. The van der Waals surface area contributed by atoms with Crippen LogP contribution in [0.5, 0.6) is 0 Å². The summed E-state index contributed by atoms with van der Waals surface area (Å²) in [6.07, 6.45) is 0. The molecule has 0 radical (unpaired) electrons. The highest BCUT2D eigenvalue weighted by molar-refractivity contribution is 6.62. The lowest BCUT2D eigenvalue weighted by Crippen LogP contribution is -2.41. The number of halogens is 1. The third-order valence-corrected chi connectivity index (χ3v) is 5.20. The molecule has 0 saturated carbocycles. The van der Waals surface area contributed by atoms with Crippen molar-refractivity contribution in [2.24, 2.45) is 0 Å². The fourth-order valence-electron chi connectivity index (χ4n) is 2.55. The first-order chi connectivity index (χ1) is 9.71. The average molecular weight is 303 g/mol. The molecule has 3 rings (SSSR count). The first-order valence-corrected chi connectivity index (χ1v) is 7.63. The molecule has 0 N–H and O–H groups in total. The van der Waals surface area contributed by atoms with Gasteiger partial charge >= 0.3 is 7.12 Å². The van der Waals surface area contributed by atoms with Gasteiger partial charge in [-0.1, -0.05) is 41.9 Å². The summed E-state index contributed by atoms with van der Waals surface area (Å²) in [4.78, 5) is 0. The van der Waals surface area contributed by atoms with Crippen LogP contribution in [0.1, 0.15) is 33.3 Å². The van der Waals surface area contributed by atoms with Gasteiger partial charge in [0, 0.05) is 5.39 Å². The van der Waals surface area contributed by atoms with Crippen LogP contribution in [0.4, 0.5) is 0 Å². The highest BCUT2D eigenvalue weighted by Crippen LogP contribution is 2.36. The monoisotopic (exact) mass is 302 g/mol. The number of benzene rings is 2. The molecule has 0 bridgehead atoms. The van der Waals surface area contributed by atoms with Crippen molar-refractivity contribution in [3.63, 3.8) is 0 Å². The summed E-state index contributed by atoms with van der Waals surface area (Å²) in [5.41, 5.74) is 1.48. The first kappa shape index (κ1) is 14.9. The van der Waals surface area contributed by atoms with Crippen LogP contribution in [0, 0.1) is 6.92 Å². The minimum Gasteiger partial charge on any atom is -0.399 e. The van der Waals surface area contributed by atoms with Crippen molar-refractivity contribution in [2.75, 3.05) is 0 Å². The molecule has 1 aliphatic rings. The molecule has 2 aromatic carbocycles. The Morgan fingerprint density at radius 3 is 2.19 bits per heavy atom. The van der Waals surface area contributed by atoms with Crippen LogP contribution in [-0.2, 0) is 9.31 Å². The third kappa shape index (κ3) is 2.38. The van der Waals surface area contributed by atoms with Gasteiger partial charge in [0.25, 0.3) is 0 Å². The summed E-state index contributed by atoms with van der Waals surface area (Å²) < 4.78 is 12.2. The molecule has 1 aliphatic heterocycles. The molecule has 0 spiro atoms. The number of hydrogen-bond acceptors (Lipinski definition) is 2. The number of rotatable bonds is 1. The maximum Gasteiger partial charge on any atom is 0.494 e. The Balaban J connectivity index is 2.02. The second-order valence-corrected chi connectivity index (χ2v) is 7.14. The minimum atomic E-state index is -0.334. The van der Waals surface area contributed by atoms with Gasteiger partial charge in [-0.15, -0.1) is 0 Å². The molecule has 0 amide bonds. The molecule has 1 fully saturated rings. The Bertz CT molecular complexity index is 693. The molecule has 110 valence electrons. The number of aryl methyl sites for hydroxylation is 1. The lowest BCUT2D eigenvalue weighted by Gasteiger charge is -2.32. The SMILES string of the molecule is Cc1ccc2cc(B3OC(C)(C)C(C)(C)O3)ccc2c1Cl. The van der Waals surface area contributed by atoms with Gasteiger partial charge < -0.3 is 9.31 Å². The molecular weight excluding hydrogens is 282 g/mol. The van der Waals surface area contributed by atoms with Crippen LogP contribution in [0.25, 0.3) is 10.8 Å². The molecule has 1 saturated heterocycles. The van der Waals surface area contributed by atoms with Crippen molar-refractivity contribution in [1.29, 1.82) is 0 Å². The lowest BCUT2D eigenvalue weighted by molar-refractivity contribution is 0.00578. The molecule has 0 unspecified atom stereocenters. The van der Waals surface area contributed by atoms with Crippen LogP contribution in [0.2, 0.25) is 5.02 Å². The zero-order chi connectivity index (χ0) is 15.4. The Morgan fingerprint density at radius 1 is 0.952 bits per heavy atom. The highest BCUT2D eigenvalue weighted by Gasteiger charge is 2.51. The van der Waals surface area contributed by atoms with Crippen LogP contribution in [-0.4, -0.2) is 18.3 Å². The summed E-state index contributed by atoms with van der Waals surface area (Å²) in [6, 6.07) is 10.3. The normalized spacial score (nSPS) is 20.2. The van der Waals surface area contributed by atoms with E-state index in [-0.39, 0.29) is 18.3 Å². The van der Waals surface area contributed by atoms with Crippen molar-refractivity contribution in [1.82, 2.24) is 0 Å². The van der Waals surface area contributed by atoms with Gasteiger partial charge in [0.05, 0.1) is 16.2 Å². The maximum absolute atomic E-state index is 6.37. The standard InChI is InChI=1S/C17H20BClO2/c1-11-6-7-12-10-13(8-9-14(12)15(11)19)18-20-16(2,3)17(4,5)21-18/h6-10H,1-5H3. The van der Waals surface area contributed by atoms with Crippen molar-refractivity contribution >= 4 is 35.0 Å². The molecule has 2 aromatic rings. The van der Waals surface area contributed by atoms with Crippen LogP contribution < -0.4 is 5.46 Å². The maximum atomic E-state index is 6.37. The van der Waals surface area contributed by atoms with E-state index in [2.05, 4.69) is 39.8 Å². The summed E-state index contributed by atoms with van der Waals surface area (Å²) in [6.45, 7) is 10.3. The van der Waals surface area contributed by atoms with Crippen LogP contribution >= 0.6 is 11.6 Å². The van der Waals surface area contributed by atoms with Gasteiger partial charge in [0.2, 0.25) is 0 Å². The summed E-state index contributed by atoms with van der Waals surface area (Å²) >= 11 is 6.37. The molecule has 4 heteroatoms. The van der Waals surface area contributed by atoms with Crippen molar-refractivity contribution in [2.45, 2.75) is 45.8 Å². The molecule has 2 nitrogen and oxygen atoms in total. The van der Waals surface area contributed by atoms with Crippen molar-refractivity contribution < 1.29 is 9.31 Å². The zero-order valence-electron chi connectivity index (χ0n) is 13.2. The minimum absolute atomic E-state index is 0.322. The summed E-state index contributed by atoms with van der Waals surface area (Å²) in [7, 11) is -0.334. The van der Waals surface area contributed by atoms with Crippen LogP contribution in [0.15, 0.2) is 30.3 Å². The second kappa shape index (κ2) is 4.74. The van der Waals surface area contributed by atoms with E-state index in [1.54, 1.807) is 0 Å². The van der Waals surface area contributed by atoms with E-state index in [1.807, 2.05) is 25.1 Å². The van der Waals surface area contributed by atoms with Gasteiger partial charge in [0.15, 0.2) is 0 Å². The Kier molecular flexibility index (Phi) is 3.36. The molecular formula is C17H20BClO2. The van der Waals surface area contributed by atoms with Gasteiger partial charge in [-0.25, -0.2) is 0 Å². The predicted octanol–water partition coefficient (Wildman–Crippen LogP) is 4.10. The topological polar surface area (TPSA) is 18.5 Å². The van der Waals surface area contributed by atoms with Gasteiger partial charge in [-0.3, -0.25) is 0 Å². The highest BCUT2D eigenvalue weighted by atomic mass is 35.5. The Hall–Kier alpha value is -1.03. The Labute approximate surface area is 131 Å². The van der Waals surface area contributed by atoms with Gasteiger partial charge in [-0.05, 0) is 51.0 Å². The molecule has 1 heterocycles. The van der Waals surface area contributed by atoms with E-state index < -0.39 is 0 Å². The van der Waals surface area contributed by atoms with E-state index in [1.165, 1.54) is 0 Å². The van der Waals surface area contributed by atoms with Gasteiger partial charge in [-0.2, -0.15) is 0 Å². The molecule has 0 aromatic heterocycles. The quantitative estimate of drug-likeness (QED) is 0.738. The number of fused-ring (bicyclic) bond motifs is 1. The van der Waals surface area contributed by atoms with Crippen LogP contribution in [0.3, 0.4) is 0 Å². The first-order valence-electron chi connectivity index (χ1n) is 7.26. The smallest absolute Gasteiger partial charge is 0.399 e. The molecule has 0 atom stereocenters. The lowest BCUT2D eigenvalue weighted by atomic mass is 9.78. The van der Waals surface area contributed by atoms with E-state index in [0.717, 1.165) is 26.8 Å². The summed E-state index contributed by atoms with van der Waals surface area (Å²) in [5.74, 6) is 0. The number of hydrogen-bond donors (Lipinski definition) is 0. The van der Waals surface area contributed by atoms with E-state index >= 15 is 0 Å². The predicted molar refractivity (Wildman–Crippen MR) is 89.4 cm³/mol.